The lowest BCUT2D eigenvalue weighted by molar-refractivity contribution is 0.364. The predicted molar refractivity (Wildman–Crippen MR) is 101 cm³/mol. The lowest BCUT2D eigenvalue weighted by Crippen LogP contribution is -2.21. The van der Waals surface area contributed by atoms with E-state index in [0.29, 0.717) is 19.5 Å². The number of halogens is 1. The monoisotopic (exact) mass is 354 g/mol. The second kappa shape index (κ2) is 6.90. The van der Waals surface area contributed by atoms with Crippen LogP contribution in [0, 0.1) is 0 Å². The van der Waals surface area contributed by atoms with Crippen molar-refractivity contribution in [2.45, 2.75) is 32.5 Å². The normalized spacial score (nSPS) is 17.2. The third-order valence-electron chi connectivity index (χ3n) is 4.98. The van der Waals surface area contributed by atoms with Crippen LogP contribution in [0.2, 0.25) is 0 Å². The molecular formula is C19H23FN6. The average molecular weight is 354 g/mol. The summed E-state index contributed by atoms with van der Waals surface area (Å²) in [7, 11) is 1.97. The number of hydrogen-bond acceptors (Lipinski definition) is 5. The van der Waals surface area contributed by atoms with Crippen molar-refractivity contribution >= 4 is 22.7 Å². The van der Waals surface area contributed by atoms with Gasteiger partial charge in [-0.05, 0) is 30.0 Å². The molecular weight excluding hydrogens is 331 g/mol. The van der Waals surface area contributed by atoms with E-state index in [2.05, 4.69) is 33.3 Å². The lowest BCUT2D eigenvalue weighted by Gasteiger charge is -2.18. The highest BCUT2D eigenvalue weighted by Crippen LogP contribution is 2.23. The molecule has 136 valence electrons. The van der Waals surface area contributed by atoms with Crippen molar-refractivity contribution in [3.63, 3.8) is 0 Å². The molecule has 1 atom stereocenters. The number of nitrogens with zero attached hydrogens (tertiary/aromatic N) is 5. The van der Waals surface area contributed by atoms with Crippen molar-refractivity contribution < 1.29 is 4.39 Å². The summed E-state index contributed by atoms with van der Waals surface area (Å²) >= 11 is 0. The van der Waals surface area contributed by atoms with Gasteiger partial charge >= 0.3 is 0 Å². The Kier molecular flexibility index (Phi) is 4.44. The lowest BCUT2D eigenvalue weighted by atomic mass is 10.1. The Balaban J connectivity index is 1.50. The van der Waals surface area contributed by atoms with Gasteiger partial charge in [-0.15, -0.1) is 0 Å². The van der Waals surface area contributed by atoms with E-state index < -0.39 is 6.17 Å². The largest absolute Gasteiger partial charge is 0.366 e. The summed E-state index contributed by atoms with van der Waals surface area (Å²) in [6, 6.07) is 4.09. The second-order valence-electron chi connectivity index (χ2n) is 6.76. The van der Waals surface area contributed by atoms with Gasteiger partial charge in [-0.1, -0.05) is 6.92 Å². The van der Waals surface area contributed by atoms with Gasteiger partial charge in [0.05, 0.1) is 24.6 Å². The quantitative estimate of drug-likeness (QED) is 0.763. The predicted octanol–water partition coefficient (Wildman–Crippen LogP) is 3.09. The fourth-order valence-corrected chi connectivity index (χ4v) is 3.41. The molecule has 4 rings (SSSR count). The zero-order valence-electron chi connectivity index (χ0n) is 15.1. The Labute approximate surface area is 152 Å². The summed E-state index contributed by atoms with van der Waals surface area (Å²) < 4.78 is 15.4. The number of anilines is 2. The van der Waals surface area contributed by atoms with E-state index in [0.717, 1.165) is 41.2 Å². The SMILES string of the molecule is CCc1cc(N2CC[C@@H](F)C2)ncc1CNc1cc2c(cn1)ncn2C. The van der Waals surface area contributed by atoms with E-state index in [-0.39, 0.29) is 0 Å². The minimum absolute atomic E-state index is 0.447. The summed E-state index contributed by atoms with van der Waals surface area (Å²) in [5.74, 6) is 1.69. The zero-order valence-corrected chi connectivity index (χ0v) is 15.1. The van der Waals surface area contributed by atoms with Crippen LogP contribution in [0.1, 0.15) is 24.5 Å². The molecule has 26 heavy (non-hydrogen) atoms. The average Bonchev–Trinajstić information content (AvgIpc) is 3.26. The maximum Gasteiger partial charge on any atom is 0.128 e. The minimum atomic E-state index is -0.740. The topological polar surface area (TPSA) is 58.9 Å². The molecule has 3 aromatic rings. The number of imidazole rings is 1. The summed E-state index contributed by atoms with van der Waals surface area (Å²) in [6.45, 7) is 3.97. The number of fused-ring (bicyclic) bond motifs is 1. The highest BCUT2D eigenvalue weighted by molar-refractivity contribution is 5.77. The zero-order chi connectivity index (χ0) is 18.1. The Morgan fingerprint density at radius 3 is 2.85 bits per heavy atom. The van der Waals surface area contributed by atoms with Crippen LogP contribution in [0.15, 0.2) is 30.9 Å². The molecule has 1 aliphatic rings. The Morgan fingerprint density at radius 2 is 2.08 bits per heavy atom. The van der Waals surface area contributed by atoms with Crippen LogP contribution in [0.25, 0.3) is 11.0 Å². The molecule has 7 heteroatoms. The second-order valence-corrected chi connectivity index (χ2v) is 6.76. The van der Waals surface area contributed by atoms with E-state index in [4.69, 9.17) is 0 Å². The first-order valence-corrected chi connectivity index (χ1v) is 9.02. The van der Waals surface area contributed by atoms with E-state index >= 15 is 0 Å². The first-order valence-electron chi connectivity index (χ1n) is 9.02. The highest BCUT2D eigenvalue weighted by atomic mass is 19.1. The van der Waals surface area contributed by atoms with Crippen molar-refractivity contribution in [3.05, 3.63) is 42.0 Å². The minimum Gasteiger partial charge on any atom is -0.366 e. The molecule has 6 nitrogen and oxygen atoms in total. The van der Waals surface area contributed by atoms with Gasteiger partial charge in [0.25, 0.3) is 0 Å². The fraction of sp³-hybridized carbons (Fsp3) is 0.421. The highest BCUT2D eigenvalue weighted by Gasteiger charge is 2.23. The van der Waals surface area contributed by atoms with Crippen molar-refractivity contribution in [2.24, 2.45) is 7.05 Å². The van der Waals surface area contributed by atoms with E-state index in [1.54, 1.807) is 12.5 Å². The Morgan fingerprint density at radius 1 is 1.19 bits per heavy atom. The molecule has 0 saturated carbocycles. The van der Waals surface area contributed by atoms with Crippen LogP contribution in [0.3, 0.4) is 0 Å². The standard InChI is InChI=1S/C19H23FN6/c1-3-13-6-19(26-5-4-15(20)11-26)23-9-14(13)8-21-18-7-17-16(10-22-18)24-12-25(17)2/h6-7,9-10,12,15H,3-5,8,11H2,1-2H3,(H,21,22)/t15-/m1/s1. The van der Waals surface area contributed by atoms with Crippen molar-refractivity contribution in [1.82, 2.24) is 19.5 Å². The molecule has 4 heterocycles. The third-order valence-corrected chi connectivity index (χ3v) is 4.98. The number of rotatable bonds is 5. The van der Waals surface area contributed by atoms with Crippen LogP contribution < -0.4 is 10.2 Å². The van der Waals surface area contributed by atoms with Crippen molar-refractivity contribution in [2.75, 3.05) is 23.3 Å². The van der Waals surface area contributed by atoms with Gasteiger partial charge < -0.3 is 14.8 Å². The molecule has 0 bridgehead atoms. The molecule has 1 fully saturated rings. The first-order chi connectivity index (χ1) is 12.6. The summed E-state index contributed by atoms with van der Waals surface area (Å²) in [4.78, 5) is 15.3. The molecule has 0 amide bonds. The van der Waals surface area contributed by atoms with Gasteiger partial charge in [0, 0.05) is 32.4 Å². The maximum atomic E-state index is 13.5. The molecule has 0 unspecified atom stereocenters. The van der Waals surface area contributed by atoms with Gasteiger partial charge in [-0.3, -0.25) is 0 Å². The third kappa shape index (κ3) is 3.21. The van der Waals surface area contributed by atoms with Crippen LogP contribution in [-0.4, -0.2) is 38.8 Å². The molecule has 0 aliphatic carbocycles. The van der Waals surface area contributed by atoms with Crippen molar-refractivity contribution in [3.8, 4) is 0 Å². The number of nitrogens with one attached hydrogen (secondary N) is 1. The Hall–Kier alpha value is -2.70. The van der Waals surface area contributed by atoms with Crippen LogP contribution >= 0.6 is 0 Å². The van der Waals surface area contributed by atoms with Gasteiger partial charge in [-0.25, -0.2) is 19.3 Å². The van der Waals surface area contributed by atoms with Crippen molar-refractivity contribution in [1.29, 1.82) is 0 Å². The summed E-state index contributed by atoms with van der Waals surface area (Å²) in [6.07, 6.45) is 6.23. The van der Waals surface area contributed by atoms with Crippen LogP contribution in [0.4, 0.5) is 16.0 Å². The van der Waals surface area contributed by atoms with E-state index in [1.807, 2.05) is 28.8 Å². The number of pyridine rings is 2. The molecule has 0 radical (unpaired) electrons. The molecule has 3 aromatic heterocycles. The number of aryl methyl sites for hydroxylation is 2. The molecule has 1 aliphatic heterocycles. The molecule has 0 spiro atoms. The summed E-state index contributed by atoms with van der Waals surface area (Å²) in [5.41, 5.74) is 4.29. The van der Waals surface area contributed by atoms with E-state index in [1.165, 1.54) is 5.56 Å². The van der Waals surface area contributed by atoms with Crippen LogP contribution in [-0.2, 0) is 20.0 Å². The van der Waals surface area contributed by atoms with Gasteiger partial charge in [0.1, 0.15) is 23.3 Å². The first kappa shape index (κ1) is 16.8. The maximum absolute atomic E-state index is 13.5. The number of hydrogen-bond donors (Lipinski definition) is 1. The summed E-state index contributed by atoms with van der Waals surface area (Å²) in [5, 5.41) is 3.38. The van der Waals surface area contributed by atoms with E-state index in [9.17, 15) is 4.39 Å². The molecule has 1 saturated heterocycles. The molecule has 0 aromatic carbocycles. The molecule has 1 N–H and O–H groups in total. The number of alkyl halides is 1. The van der Waals surface area contributed by atoms with Gasteiger partial charge in [-0.2, -0.15) is 0 Å². The number of aromatic nitrogens is 4. The van der Waals surface area contributed by atoms with Gasteiger partial charge in [0.15, 0.2) is 0 Å². The van der Waals surface area contributed by atoms with Crippen LogP contribution in [0.5, 0.6) is 0 Å². The Bertz CT molecular complexity index is 922. The smallest absolute Gasteiger partial charge is 0.128 e. The fourth-order valence-electron chi connectivity index (χ4n) is 3.41. The van der Waals surface area contributed by atoms with Gasteiger partial charge in [0.2, 0.25) is 0 Å².